The van der Waals surface area contributed by atoms with Crippen molar-refractivity contribution in [2.45, 2.75) is 51.7 Å². The molecule has 2 heterocycles. The third-order valence-corrected chi connectivity index (χ3v) is 3.61. The van der Waals surface area contributed by atoms with Crippen LogP contribution in [0.15, 0.2) is 0 Å². The first-order valence-corrected chi connectivity index (χ1v) is 6.97. The van der Waals surface area contributed by atoms with Gasteiger partial charge in [-0.2, -0.15) is 0 Å². The summed E-state index contributed by atoms with van der Waals surface area (Å²) in [6.07, 6.45) is 4.82. The first kappa shape index (κ1) is 13.4. The van der Waals surface area contributed by atoms with Gasteiger partial charge >= 0.3 is 0 Å². The second-order valence-corrected chi connectivity index (χ2v) is 5.09. The fraction of sp³-hybridized carbons (Fsp3) is 0.917. The SMILES string of the molecule is CCCCn1nnnc1CN(C)C1CCCNC1. The van der Waals surface area contributed by atoms with E-state index in [0.717, 1.165) is 38.4 Å². The van der Waals surface area contributed by atoms with E-state index in [9.17, 15) is 0 Å². The van der Waals surface area contributed by atoms with E-state index in [1.165, 1.54) is 19.3 Å². The van der Waals surface area contributed by atoms with Gasteiger partial charge in [0.2, 0.25) is 0 Å². The molecule has 1 aromatic rings. The summed E-state index contributed by atoms with van der Waals surface area (Å²) in [6, 6.07) is 0.607. The van der Waals surface area contributed by atoms with Gasteiger partial charge in [-0.05, 0) is 43.3 Å². The van der Waals surface area contributed by atoms with Crippen LogP contribution in [0, 0.1) is 0 Å². The molecular weight excluding hydrogens is 228 g/mol. The highest BCUT2D eigenvalue weighted by molar-refractivity contribution is 4.84. The van der Waals surface area contributed by atoms with Crippen molar-refractivity contribution >= 4 is 0 Å². The smallest absolute Gasteiger partial charge is 0.165 e. The van der Waals surface area contributed by atoms with Gasteiger partial charge in [0.15, 0.2) is 5.82 Å². The molecule has 0 spiro atoms. The predicted molar refractivity (Wildman–Crippen MR) is 70.1 cm³/mol. The van der Waals surface area contributed by atoms with Crippen LogP contribution in [0.2, 0.25) is 0 Å². The van der Waals surface area contributed by atoms with Crippen molar-refractivity contribution in [3.05, 3.63) is 5.82 Å². The Hall–Kier alpha value is -1.01. The highest BCUT2D eigenvalue weighted by Crippen LogP contribution is 2.11. The highest BCUT2D eigenvalue weighted by Gasteiger charge is 2.19. The summed E-state index contributed by atoms with van der Waals surface area (Å²) in [6.45, 7) is 6.17. The van der Waals surface area contributed by atoms with Gasteiger partial charge in [0.05, 0.1) is 6.54 Å². The van der Waals surface area contributed by atoms with E-state index in [1.54, 1.807) is 0 Å². The van der Waals surface area contributed by atoms with E-state index >= 15 is 0 Å². The van der Waals surface area contributed by atoms with Crippen LogP contribution < -0.4 is 5.32 Å². The molecule has 1 saturated heterocycles. The van der Waals surface area contributed by atoms with Gasteiger partial charge in [-0.3, -0.25) is 4.90 Å². The summed E-state index contributed by atoms with van der Waals surface area (Å²) in [5.41, 5.74) is 0. The van der Waals surface area contributed by atoms with Crippen molar-refractivity contribution in [1.29, 1.82) is 0 Å². The minimum Gasteiger partial charge on any atom is -0.315 e. The van der Waals surface area contributed by atoms with E-state index in [-0.39, 0.29) is 0 Å². The summed E-state index contributed by atoms with van der Waals surface area (Å²) in [5, 5.41) is 15.4. The zero-order valence-electron chi connectivity index (χ0n) is 11.5. The number of aromatic nitrogens is 4. The molecule has 1 aliphatic heterocycles. The van der Waals surface area contributed by atoms with Crippen LogP contribution >= 0.6 is 0 Å². The lowest BCUT2D eigenvalue weighted by Crippen LogP contribution is -2.44. The van der Waals surface area contributed by atoms with Crippen LogP contribution in [0.25, 0.3) is 0 Å². The molecule has 0 aromatic carbocycles. The number of hydrogen-bond donors (Lipinski definition) is 1. The third kappa shape index (κ3) is 3.49. The molecule has 1 atom stereocenters. The van der Waals surface area contributed by atoms with Gasteiger partial charge in [0.25, 0.3) is 0 Å². The van der Waals surface area contributed by atoms with E-state index < -0.39 is 0 Å². The van der Waals surface area contributed by atoms with Gasteiger partial charge in [0.1, 0.15) is 0 Å². The standard InChI is InChI=1S/C12H24N6/c1-3-4-8-18-12(14-15-16-18)10-17(2)11-6-5-7-13-9-11/h11,13H,3-10H2,1-2H3. The van der Waals surface area contributed by atoms with Gasteiger partial charge in [0, 0.05) is 19.1 Å². The largest absolute Gasteiger partial charge is 0.315 e. The minimum absolute atomic E-state index is 0.607. The Morgan fingerprint density at radius 3 is 3.11 bits per heavy atom. The van der Waals surface area contributed by atoms with Gasteiger partial charge in [-0.1, -0.05) is 13.3 Å². The van der Waals surface area contributed by atoms with Crippen molar-refractivity contribution in [3.63, 3.8) is 0 Å². The Kier molecular flexibility index (Phi) is 5.07. The van der Waals surface area contributed by atoms with Gasteiger partial charge in [-0.15, -0.1) is 5.10 Å². The summed E-state index contributed by atoms with van der Waals surface area (Å²) >= 11 is 0. The molecule has 6 nitrogen and oxygen atoms in total. The third-order valence-electron chi connectivity index (χ3n) is 3.61. The van der Waals surface area contributed by atoms with Crippen molar-refractivity contribution in [1.82, 2.24) is 30.4 Å². The lowest BCUT2D eigenvalue weighted by molar-refractivity contribution is 0.188. The fourth-order valence-electron chi connectivity index (χ4n) is 2.38. The number of piperidine rings is 1. The second kappa shape index (κ2) is 6.80. The molecule has 1 fully saturated rings. The summed E-state index contributed by atoms with van der Waals surface area (Å²) < 4.78 is 1.94. The maximum Gasteiger partial charge on any atom is 0.165 e. The molecular formula is C12H24N6. The Morgan fingerprint density at radius 1 is 1.50 bits per heavy atom. The number of tetrazole rings is 1. The van der Waals surface area contributed by atoms with Crippen LogP contribution in [0.3, 0.4) is 0 Å². The van der Waals surface area contributed by atoms with Crippen molar-refractivity contribution in [2.75, 3.05) is 20.1 Å². The number of aryl methyl sites for hydroxylation is 1. The van der Waals surface area contributed by atoms with Crippen LogP contribution in [0.1, 0.15) is 38.4 Å². The summed E-state index contributed by atoms with van der Waals surface area (Å²) in [5.74, 6) is 0.983. The van der Waals surface area contributed by atoms with Crippen molar-refractivity contribution in [3.8, 4) is 0 Å². The molecule has 1 aromatic heterocycles. The zero-order valence-corrected chi connectivity index (χ0v) is 11.5. The van der Waals surface area contributed by atoms with Gasteiger partial charge in [-0.25, -0.2) is 4.68 Å². The molecule has 0 amide bonds. The Labute approximate surface area is 109 Å². The Balaban J connectivity index is 1.89. The summed E-state index contributed by atoms with van der Waals surface area (Å²) in [4.78, 5) is 2.36. The average Bonchev–Trinajstić information content (AvgIpc) is 2.84. The zero-order chi connectivity index (χ0) is 12.8. The molecule has 0 bridgehead atoms. The average molecular weight is 252 g/mol. The fourth-order valence-corrected chi connectivity index (χ4v) is 2.38. The van der Waals surface area contributed by atoms with E-state index in [2.05, 4.69) is 39.7 Å². The van der Waals surface area contributed by atoms with Crippen LogP contribution in [-0.2, 0) is 13.1 Å². The van der Waals surface area contributed by atoms with Crippen molar-refractivity contribution < 1.29 is 0 Å². The molecule has 1 aliphatic rings. The number of nitrogens with zero attached hydrogens (tertiary/aromatic N) is 5. The Bertz CT molecular complexity index is 344. The van der Waals surface area contributed by atoms with Crippen LogP contribution in [0.4, 0.5) is 0 Å². The van der Waals surface area contributed by atoms with Crippen LogP contribution in [0.5, 0.6) is 0 Å². The molecule has 102 valence electrons. The molecule has 6 heteroatoms. The Morgan fingerprint density at radius 2 is 2.39 bits per heavy atom. The molecule has 18 heavy (non-hydrogen) atoms. The molecule has 0 aliphatic carbocycles. The number of unbranched alkanes of at least 4 members (excludes halogenated alkanes) is 1. The van der Waals surface area contributed by atoms with E-state index in [1.807, 2.05) is 4.68 Å². The highest BCUT2D eigenvalue weighted by atomic mass is 15.5. The molecule has 0 saturated carbocycles. The molecule has 0 radical (unpaired) electrons. The first-order valence-electron chi connectivity index (χ1n) is 6.97. The van der Waals surface area contributed by atoms with Crippen LogP contribution in [-0.4, -0.2) is 51.3 Å². The maximum absolute atomic E-state index is 4.14. The van der Waals surface area contributed by atoms with Gasteiger partial charge < -0.3 is 5.32 Å². The minimum atomic E-state index is 0.607. The second-order valence-electron chi connectivity index (χ2n) is 5.09. The van der Waals surface area contributed by atoms with Crippen molar-refractivity contribution in [2.24, 2.45) is 0 Å². The molecule has 2 rings (SSSR count). The number of nitrogens with one attached hydrogen (secondary N) is 1. The monoisotopic (exact) mass is 252 g/mol. The number of likely N-dealkylation sites (N-methyl/N-ethyl adjacent to an activating group) is 1. The molecule has 1 unspecified atom stereocenters. The predicted octanol–water partition coefficient (Wildman–Crippen LogP) is 0.657. The number of hydrogen-bond acceptors (Lipinski definition) is 5. The number of rotatable bonds is 6. The van der Waals surface area contributed by atoms with E-state index in [0.29, 0.717) is 6.04 Å². The molecule has 1 N–H and O–H groups in total. The topological polar surface area (TPSA) is 58.9 Å². The quantitative estimate of drug-likeness (QED) is 0.806. The lowest BCUT2D eigenvalue weighted by atomic mass is 10.1. The first-order chi connectivity index (χ1) is 8.81. The lowest BCUT2D eigenvalue weighted by Gasteiger charge is -2.31. The normalized spacial score (nSPS) is 20.5. The summed E-state index contributed by atoms with van der Waals surface area (Å²) in [7, 11) is 2.16. The van der Waals surface area contributed by atoms with E-state index in [4.69, 9.17) is 0 Å². The maximum atomic E-state index is 4.14.